The van der Waals surface area contributed by atoms with Gasteiger partial charge in [0.15, 0.2) is 5.96 Å². The molecule has 0 aliphatic carbocycles. The third kappa shape index (κ3) is 12.2. The molecule has 0 spiro atoms. The van der Waals surface area contributed by atoms with Gasteiger partial charge in [0.25, 0.3) is 0 Å². The van der Waals surface area contributed by atoms with Crippen LogP contribution in [-0.2, 0) is 19.2 Å². The Morgan fingerprint density at radius 1 is 0.897 bits per heavy atom. The maximum absolute atomic E-state index is 12.7. The lowest BCUT2D eigenvalue weighted by Gasteiger charge is -2.24. The molecule has 3 atom stereocenters. The lowest BCUT2D eigenvalue weighted by molar-refractivity contribution is -0.133. The van der Waals surface area contributed by atoms with Gasteiger partial charge in [0.05, 0.1) is 12.6 Å². The number of hydrogen-bond acceptors (Lipinski definition) is 6. The number of hydrogen-bond donors (Lipinski definition) is 7. The summed E-state index contributed by atoms with van der Waals surface area (Å²) in [4.78, 5) is 51.7. The molecular weight excluding hydrogens is 380 g/mol. The summed E-state index contributed by atoms with van der Waals surface area (Å²) in [6.45, 7) is 5.18. The Kier molecular flexibility index (Phi) is 12.0. The fourth-order valence-electron chi connectivity index (χ4n) is 2.35. The molecule has 0 aromatic heterocycles. The molecule has 0 rings (SSSR count). The molecule has 0 radical (unpaired) electrons. The van der Waals surface area contributed by atoms with Crippen molar-refractivity contribution >= 4 is 29.6 Å². The Hall–Kier alpha value is -2.89. The molecule has 4 amide bonds. The van der Waals surface area contributed by atoms with Gasteiger partial charge >= 0.3 is 0 Å². The standard InChI is InChI=1S/C17H34N8O4/c1-9(2)7-12(15(28)23-8-13(19)26)25-16(29)11(24-14(27)10(3)18)5-4-6-22-17(20)21/h9-12H,4-8,18H2,1-3H3,(H2,19,26)(H,23,28)(H,24,27)(H,25,29)(H4,20,21,22). The second kappa shape index (κ2) is 13.3. The third-order valence-corrected chi connectivity index (χ3v) is 3.77. The van der Waals surface area contributed by atoms with Gasteiger partial charge in [0, 0.05) is 6.54 Å². The molecule has 0 saturated heterocycles. The van der Waals surface area contributed by atoms with Crippen LogP contribution in [0.4, 0.5) is 0 Å². The largest absolute Gasteiger partial charge is 0.370 e. The molecule has 3 unspecified atom stereocenters. The predicted molar refractivity (Wildman–Crippen MR) is 109 cm³/mol. The van der Waals surface area contributed by atoms with Crippen LogP contribution in [0.5, 0.6) is 0 Å². The highest BCUT2D eigenvalue weighted by Crippen LogP contribution is 2.07. The SMILES string of the molecule is CC(C)CC(NC(=O)C(CCCN=C(N)N)NC(=O)C(C)N)C(=O)NCC(N)=O. The van der Waals surface area contributed by atoms with Crippen molar-refractivity contribution in [1.82, 2.24) is 16.0 Å². The molecular formula is C17H34N8O4. The fraction of sp³-hybridized carbons (Fsp3) is 0.706. The normalized spacial score (nSPS) is 13.7. The van der Waals surface area contributed by atoms with E-state index in [1.54, 1.807) is 0 Å². The summed E-state index contributed by atoms with van der Waals surface area (Å²) in [5.74, 6) is -2.29. The van der Waals surface area contributed by atoms with Crippen molar-refractivity contribution in [2.45, 2.75) is 58.2 Å². The molecule has 0 aromatic rings. The first kappa shape index (κ1) is 26.1. The van der Waals surface area contributed by atoms with Gasteiger partial charge in [0.1, 0.15) is 12.1 Å². The predicted octanol–water partition coefficient (Wildman–Crippen LogP) is -3.00. The molecule has 12 heteroatoms. The minimum Gasteiger partial charge on any atom is -0.370 e. The van der Waals surface area contributed by atoms with Gasteiger partial charge < -0.3 is 38.9 Å². The monoisotopic (exact) mass is 414 g/mol. The van der Waals surface area contributed by atoms with Crippen LogP contribution in [0.25, 0.3) is 0 Å². The van der Waals surface area contributed by atoms with Gasteiger partial charge in [-0.2, -0.15) is 0 Å². The number of amides is 4. The average molecular weight is 415 g/mol. The fourth-order valence-corrected chi connectivity index (χ4v) is 2.35. The number of carbonyl (C=O) groups is 4. The molecule has 0 fully saturated rings. The van der Waals surface area contributed by atoms with Crippen molar-refractivity contribution in [3.63, 3.8) is 0 Å². The van der Waals surface area contributed by atoms with E-state index in [2.05, 4.69) is 20.9 Å². The summed E-state index contributed by atoms with van der Waals surface area (Å²) in [5.41, 5.74) is 21.1. The molecule has 12 nitrogen and oxygen atoms in total. The molecule has 0 aromatic carbocycles. The molecule has 0 saturated carbocycles. The number of nitrogens with one attached hydrogen (secondary N) is 3. The van der Waals surface area contributed by atoms with E-state index < -0.39 is 41.8 Å². The van der Waals surface area contributed by atoms with Crippen LogP contribution in [0, 0.1) is 5.92 Å². The third-order valence-electron chi connectivity index (χ3n) is 3.77. The highest BCUT2D eigenvalue weighted by molar-refractivity contribution is 5.93. The topological polar surface area (TPSA) is 221 Å². The van der Waals surface area contributed by atoms with Gasteiger partial charge in [-0.1, -0.05) is 13.8 Å². The molecule has 0 aliphatic rings. The zero-order valence-corrected chi connectivity index (χ0v) is 17.2. The van der Waals surface area contributed by atoms with Crippen molar-refractivity contribution in [2.75, 3.05) is 13.1 Å². The molecule has 11 N–H and O–H groups in total. The van der Waals surface area contributed by atoms with E-state index >= 15 is 0 Å². The summed E-state index contributed by atoms with van der Waals surface area (Å²) in [5, 5.41) is 7.56. The Morgan fingerprint density at radius 2 is 1.48 bits per heavy atom. The molecule has 166 valence electrons. The quantitative estimate of drug-likeness (QED) is 0.0939. The highest BCUT2D eigenvalue weighted by Gasteiger charge is 2.27. The number of nitrogens with zero attached hydrogens (tertiary/aromatic N) is 1. The van der Waals surface area contributed by atoms with E-state index in [1.165, 1.54) is 6.92 Å². The summed E-state index contributed by atoms with van der Waals surface area (Å²) in [6.07, 6.45) is 0.981. The van der Waals surface area contributed by atoms with Crippen LogP contribution in [0.2, 0.25) is 0 Å². The number of aliphatic imine (C=N–C) groups is 1. The van der Waals surface area contributed by atoms with E-state index in [4.69, 9.17) is 22.9 Å². The number of guanidine groups is 1. The molecule has 0 aliphatic heterocycles. The second-order valence-electron chi connectivity index (χ2n) is 7.17. The second-order valence-corrected chi connectivity index (χ2v) is 7.17. The van der Waals surface area contributed by atoms with Gasteiger partial charge in [-0.25, -0.2) is 0 Å². The van der Waals surface area contributed by atoms with Crippen molar-refractivity contribution in [2.24, 2.45) is 33.8 Å². The summed E-state index contributed by atoms with van der Waals surface area (Å²) >= 11 is 0. The minimum absolute atomic E-state index is 0.0752. The summed E-state index contributed by atoms with van der Waals surface area (Å²) < 4.78 is 0. The van der Waals surface area contributed by atoms with Crippen LogP contribution in [0.15, 0.2) is 4.99 Å². The Labute approximate surface area is 170 Å². The van der Waals surface area contributed by atoms with Crippen LogP contribution in [-0.4, -0.2) is 60.8 Å². The van der Waals surface area contributed by atoms with Gasteiger partial charge in [0.2, 0.25) is 23.6 Å². The summed E-state index contributed by atoms with van der Waals surface area (Å²) in [7, 11) is 0. The first-order valence-electron chi connectivity index (χ1n) is 9.41. The Morgan fingerprint density at radius 3 is 1.97 bits per heavy atom. The van der Waals surface area contributed by atoms with Crippen LogP contribution in [0.1, 0.15) is 40.0 Å². The van der Waals surface area contributed by atoms with E-state index in [0.29, 0.717) is 12.8 Å². The first-order valence-corrected chi connectivity index (χ1v) is 9.41. The van der Waals surface area contributed by atoms with Crippen LogP contribution >= 0.6 is 0 Å². The highest BCUT2D eigenvalue weighted by atomic mass is 16.2. The zero-order valence-electron chi connectivity index (χ0n) is 17.2. The maximum Gasteiger partial charge on any atom is 0.243 e. The van der Waals surface area contributed by atoms with Crippen molar-refractivity contribution < 1.29 is 19.2 Å². The number of rotatable bonds is 13. The van der Waals surface area contributed by atoms with Crippen LogP contribution < -0.4 is 38.9 Å². The van der Waals surface area contributed by atoms with Gasteiger partial charge in [-0.3, -0.25) is 24.2 Å². The number of nitrogens with two attached hydrogens (primary N) is 4. The van der Waals surface area contributed by atoms with E-state index in [-0.39, 0.29) is 31.4 Å². The van der Waals surface area contributed by atoms with Gasteiger partial charge in [-0.05, 0) is 32.1 Å². The number of carbonyl (C=O) groups excluding carboxylic acids is 4. The van der Waals surface area contributed by atoms with E-state index in [0.717, 1.165) is 0 Å². The maximum atomic E-state index is 12.7. The smallest absolute Gasteiger partial charge is 0.243 e. The molecule has 0 heterocycles. The molecule has 0 bridgehead atoms. The van der Waals surface area contributed by atoms with Gasteiger partial charge in [-0.15, -0.1) is 0 Å². The summed E-state index contributed by atoms with van der Waals surface area (Å²) in [6, 6.07) is -2.64. The number of primary amides is 1. The van der Waals surface area contributed by atoms with Crippen LogP contribution in [0.3, 0.4) is 0 Å². The Balaban J connectivity index is 5.19. The zero-order chi connectivity index (χ0) is 22.6. The average Bonchev–Trinajstić information content (AvgIpc) is 2.60. The minimum atomic E-state index is -0.929. The van der Waals surface area contributed by atoms with Crippen molar-refractivity contribution in [1.29, 1.82) is 0 Å². The van der Waals surface area contributed by atoms with E-state index in [1.807, 2.05) is 13.8 Å². The lowest BCUT2D eigenvalue weighted by atomic mass is 10.0. The lowest BCUT2D eigenvalue weighted by Crippen LogP contribution is -2.56. The van der Waals surface area contributed by atoms with E-state index in [9.17, 15) is 19.2 Å². The molecule has 29 heavy (non-hydrogen) atoms. The first-order chi connectivity index (χ1) is 13.4. The Bertz CT molecular complexity index is 602. The van der Waals surface area contributed by atoms with Crippen molar-refractivity contribution in [3.8, 4) is 0 Å². The van der Waals surface area contributed by atoms with Crippen molar-refractivity contribution in [3.05, 3.63) is 0 Å².